The lowest BCUT2D eigenvalue weighted by atomic mass is 9.71. The minimum Gasteiger partial charge on any atom is -0.312 e. The third kappa shape index (κ3) is 5.25. The Morgan fingerprint density at radius 1 is 1.00 bits per heavy atom. The van der Waals surface area contributed by atoms with Crippen LogP contribution in [-0.2, 0) is 0 Å². The summed E-state index contributed by atoms with van der Waals surface area (Å²) in [5.41, 5.74) is 0. The quantitative estimate of drug-likeness (QED) is 0.746. The molecule has 2 aliphatic rings. The van der Waals surface area contributed by atoms with Gasteiger partial charge in [0.15, 0.2) is 0 Å². The minimum absolute atomic E-state index is 0.715. The van der Waals surface area contributed by atoms with Crippen LogP contribution in [0, 0.1) is 11.8 Å². The van der Waals surface area contributed by atoms with E-state index in [0.29, 0.717) is 6.04 Å². The van der Waals surface area contributed by atoms with Gasteiger partial charge < -0.3 is 10.2 Å². The molecular weight excluding hydrogens is 256 g/mol. The van der Waals surface area contributed by atoms with Crippen LogP contribution in [0.25, 0.3) is 0 Å². The van der Waals surface area contributed by atoms with Crippen molar-refractivity contribution in [3.8, 4) is 0 Å². The lowest BCUT2D eigenvalue weighted by Gasteiger charge is -2.40. The van der Waals surface area contributed by atoms with E-state index in [2.05, 4.69) is 31.1 Å². The van der Waals surface area contributed by atoms with Gasteiger partial charge in [-0.25, -0.2) is 0 Å². The van der Waals surface area contributed by atoms with Gasteiger partial charge in [-0.3, -0.25) is 0 Å². The molecule has 0 aromatic carbocycles. The number of hydrogen-bond acceptors (Lipinski definition) is 2. The van der Waals surface area contributed by atoms with Gasteiger partial charge in [0.2, 0.25) is 0 Å². The van der Waals surface area contributed by atoms with Gasteiger partial charge in [-0.2, -0.15) is 0 Å². The lowest BCUT2D eigenvalue weighted by Crippen LogP contribution is -2.45. The Bertz CT molecular complexity index is 273. The van der Waals surface area contributed by atoms with E-state index >= 15 is 0 Å². The highest BCUT2D eigenvalue weighted by molar-refractivity contribution is 4.87. The Labute approximate surface area is 133 Å². The van der Waals surface area contributed by atoms with Gasteiger partial charge in [0.1, 0.15) is 0 Å². The van der Waals surface area contributed by atoms with Crippen LogP contribution in [0.2, 0.25) is 0 Å². The highest BCUT2D eigenvalue weighted by Gasteiger charge is 2.32. The number of nitrogens with one attached hydrogen (secondary N) is 1. The maximum atomic E-state index is 3.94. The Kier molecular flexibility index (Phi) is 7.53. The van der Waals surface area contributed by atoms with Crippen molar-refractivity contribution >= 4 is 0 Å². The molecule has 124 valence electrons. The SMILES string of the molecule is CCC(C)N(C)CCNC1CCCCC1C1CCCCC1. The molecule has 2 aliphatic carbocycles. The third-order valence-electron chi connectivity index (χ3n) is 6.29. The van der Waals surface area contributed by atoms with E-state index in [4.69, 9.17) is 0 Å². The van der Waals surface area contributed by atoms with Crippen LogP contribution in [-0.4, -0.2) is 37.1 Å². The van der Waals surface area contributed by atoms with Crippen LogP contribution >= 0.6 is 0 Å². The molecule has 2 fully saturated rings. The van der Waals surface area contributed by atoms with Crippen LogP contribution in [0.15, 0.2) is 0 Å². The van der Waals surface area contributed by atoms with Gasteiger partial charge in [-0.05, 0) is 45.1 Å². The highest BCUT2D eigenvalue weighted by Crippen LogP contribution is 2.38. The average molecular weight is 295 g/mol. The summed E-state index contributed by atoms with van der Waals surface area (Å²) in [4.78, 5) is 2.51. The van der Waals surface area contributed by atoms with E-state index in [1.54, 1.807) is 0 Å². The Hall–Kier alpha value is -0.0800. The Morgan fingerprint density at radius 2 is 1.67 bits per heavy atom. The summed E-state index contributed by atoms with van der Waals surface area (Å²) >= 11 is 0. The molecule has 2 saturated carbocycles. The van der Waals surface area contributed by atoms with E-state index in [9.17, 15) is 0 Å². The molecule has 2 heteroatoms. The van der Waals surface area contributed by atoms with Gasteiger partial charge in [0, 0.05) is 25.2 Å². The molecule has 0 saturated heterocycles. The molecule has 0 aromatic rings. The number of nitrogens with zero attached hydrogens (tertiary/aromatic N) is 1. The first kappa shape index (κ1) is 17.3. The smallest absolute Gasteiger partial charge is 0.0107 e. The van der Waals surface area contributed by atoms with Crippen molar-refractivity contribution in [2.75, 3.05) is 20.1 Å². The summed E-state index contributed by atoms with van der Waals surface area (Å²) in [6.45, 7) is 7.00. The largest absolute Gasteiger partial charge is 0.312 e. The highest BCUT2D eigenvalue weighted by atomic mass is 15.1. The zero-order valence-electron chi connectivity index (χ0n) is 14.7. The zero-order valence-corrected chi connectivity index (χ0v) is 14.7. The molecule has 21 heavy (non-hydrogen) atoms. The molecule has 0 spiro atoms. The van der Waals surface area contributed by atoms with Crippen LogP contribution in [0.1, 0.15) is 78.1 Å². The van der Waals surface area contributed by atoms with Gasteiger partial charge in [0.25, 0.3) is 0 Å². The van der Waals surface area contributed by atoms with Crippen molar-refractivity contribution in [1.29, 1.82) is 0 Å². The van der Waals surface area contributed by atoms with Crippen LogP contribution in [0.4, 0.5) is 0 Å². The summed E-state index contributed by atoms with van der Waals surface area (Å²) in [5, 5.41) is 3.94. The molecule has 0 bridgehead atoms. The average Bonchev–Trinajstić information content (AvgIpc) is 2.55. The van der Waals surface area contributed by atoms with Crippen LogP contribution in [0.5, 0.6) is 0 Å². The zero-order chi connectivity index (χ0) is 15.1. The molecule has 3 unspecified atom stereocenters. The molecule has 0 aromatic heterocycles. The minimum atomic E-state index is 0.715. The van der Waals surface area contributed by atoms with Gasteiger partial charge in [-0.15, -0.1) is 0 Å². The molecule has 0 radical (unpaired) electrons. The maximum Gasteiger partial charge on any atom is 0.0107 e. The third-order valence-corrected chi connectivity index (χ3v) is 6.29. The second kappa shape index (κ2) is 9.15. The second-order valence-electron chi connectivity index (χ2n) is 7.64. The molecule has 0 heterocycles. The topological polar surface area (TPSA) is 15.3 Å². The molecule has 0 amide bonds. The summed E-state index contributed by atoms with van der Waals surface area (Å²) in [6, 6.07) is 1.53. The first-order valence-corrected chi connectivity index (χ1v) is 9.66. The van der Waals surface area contributed by atoms with Crippen molar-refractivity contribution in [3.63, 3.8) is 0 Å². The fraction of sp³-hybridized carbons (Fsp3) is 1.00. The van der Waals surface area contributed by atoms with Crippen LogP contribution < -0.4 is 5.32 Å². The Balaban J connectivity index is 1.76. The summed E-state index contributed by atoms with van der Waals surface area (Å²) < 4.78 is 0. The normalized spacial score (nSPS) is 29.7. The lowest BCUT2D eigenvalue weighted by molar-refractivity contribution is 0.145. The van der Waals surface area contributed by atoms with Gasteiger partial charge in [-0.1, -0.05) is 51.9 Å². The number of hydrogen-bond donors (Lipinski definition) is 1. The molecule has 2 rings (SSSR count). The van der Waals surface area contributed by atoms with E-state index in [1.165, 1.54) is 77.3 Å². The van der Waals surface area contributed by atoms with Crippen molar-refractivity contribution in [2.45, 2.75) is 90.1 Å². The predicted octanol–water partition coefficient (Wildman–Crippen LogP) is 4.45. The summed E-state index contributed by atoms with van der Waals surface area (Å²) in [7, 11) is 2.27. The van der Waals surface area contributed by atoms with E-state index in [-0.39, 0.29) is 0 Å². The fourth-order valence-electron chi connectivity index (χ4n) is 4.50. The Morgan fingerprint density at radius 3 is 2.38 bits per heavy atom. The van der Waals surface area contributed by atoms with Crippen molar-refractivity contribution in [1.82, 2.24) is 10.2 Å². The van der Waals surface area contributed by atoms with Gasteiger partial charge in [0.05, 0.1) is 0 Å². The molecule has 1 N–H and O–H groups in total. The van der Waals surface area contributed by atoms with E-state index in [0.717, 1.165) is 17.9 Å². The van der Waals surface area contributed by atoms with Crippen molar-refractivity contribution in [2.24, 2.45) is 11.8 Å². The standard InChI is InChI=1S/C19H38N2/c1-4-16(2)21(3)15-14-20-19-13-9-8-12-18(19)17-10-6-5-7-11-17/h16-20H,4-15H2,1-3H3. The van der Waals surface area contributed by atoms with Crippen molar-refractivity contribution < 1.29 is 0 Å². The predicted molar refractivity (Wildman–Crippen MR) is 92.7 cm³/mol. The molecule has 3 atom stereocenters. The number of likely N-dealkylation sites (N-methyl/N-ethyl adjacent to an activating group) is 1. The summed E-state index contributed by atoms with van der Waals surface area (Å²) in [5.74, 6) is 2.01. The molecule has 0 aliphatic heterocycles. The molecular formula is C19H38N2. The van der Waals surface area contributed by atoms with Gasteiger partial charge >= 0.3 is 0 Å². The van der Waals surface area contributed by atoms with E-state index in [1.807, 2.05) is 0 Å². The first-order chi connectivity index (χ1) is 10.2. The fourth-order valence-corrected chi connectivity index (χ4v) is 4.50. The first-order valence-electron chi connectivity index (χ1n) is 9.66. The summed E-state index contributed by atoms with van der Waals surface area (Å²) in [6.07, 6.45) is 14.6. The monoisotopic (exact) mass is 294 g/mol. The van der Waals surface area contributed by atoms with E-state index < -0.39 is 0 Å². The number of rotatable bonds is 7. The molecule has 2 nitrogen and oxygen atoms in total. The van der Waals surface area contributed by atoms with Crippen LogP contribution in [0.3, 0.4) is 0 Å². The second-order valence-corrected chi connectivity index (χ2v) is 7.64. The van der Waals surface area contributed by atoms with Crippen molar-refractivity contribution in [3.05, 3.63) is 0 Å². The maximum absolute atomic E-state index is 3.94.